The van der Waals surface area contributed by atoms with E-state index in [2.05, 4.69) is 20.8 Å². The van der Waals surface area contributed by atoms with Crippen molar-refractivity contribution in [2.75, 3.05) is 20.0 Å². The molecule has 1 atom stereocenters. The molecule has 0 N–H and O–H groups in total. The first-order valence-electron chi connectivity index (χ1n) is 12.7. The highest BCUT2D eigenvalue weighted by Crippen LogP contribution is 2.42. The van der Waals surface area contributed by atoms with E-state index in [-0.39, 0.29) is 22.5 Å². The first kappa shape index (κ1) is 26.5. The molecule has 5 rings (SSSR count). The van der Waals surface area contributed by atoms with Crippen LogP contribution < -0.4 is 15.0 Å². The van der Waals surface area contributed by atoms with Gasteiger partial charge < -0.3 is 9.47 Å². The predicted molar refractivity (Wildman–Crippen MR) is 155 cm³/mol. The molecule has 0 aliphatic heterocycles. The Balaban J connectivity index is 1.56. The van der Waals surface area contributed by atoms with E-state index in [9.17, 15) is 9.59 Å². The van der Waals surface area contributed by atoms with Crippen molar-refractivity contribution >= 4 is 39.1 Å². The Morgan fingerprint density at radius 3 is 2.29 bits per heavy atom. The standard InChI is InChI=1S/C30H32N2O4S2/c1-30(2,3)19-8-15-23-25(16-19)38-27-26(23)28(34)32(20-9-13-22(36-5)14-10-20)29(31-27)37-17-24(33)18-6-11-21(35-4)12-7-18/h6-7,9-14,19H,8,15-17H2,1-5H3. The number of thioether (sulfide) groups is 1. The fourth-order valence-corrected chi connectivity index (χ4v) is 7.24. The number of carbonyl (C=O) groups is 1. The van der Waals surface area contributed by atoms with E-state index in [1.165, 1.54) is 16.6 Å². The summed E-state index contributed by atoms with van der Waals surface area (Å²) in [6.07, 6.45) is 2.93. The number of benzene rings is 2. The fourth-order valence-electron chi connectivity index (χ4n) is 4.99. The van der Waals surface area contributed by atoms with Gasteiger partial charge in [0.15, 0.2) is 10.9 Å². The van der Waals surface area contributed by atoms with Crippen molar-refractivity contribution in [1.82, 2.24) is 9.55 Å². The van der Waals surface area contributed by atoms with Gasteiger partial charge in [0.25, 0.3) is 5.56 Å². The van der Waals surface area contributed by atoms with Crippen LogP contribution in [0.5, 0.6) is 11.5 Å². The highest BCUT2D eigenvalue weighted by Gasteiger charge is 2.32. The summed E-state index contributed by atoms with van der Waals surface area (Å²) in [5.74, 6) is 2.11. The van der Waals surface area contributed by atoms with E-state index in [1.54, 1.807) is 54.4 Å². The number of Topliss-reactive ketones (excluding diaryl/α,β-unsaturated/α-hetero) is 1. The van der Waals surface area contributed by atoms with E-state index in [4.69, 9.17) is 14.5 Å². The van der Waals surface area contributed by atoms with Gasteiger partial charge >= 0.3 is 0 Å². The number of aryl methyl sites for hydroxylation is 1. The molecule has 38 heavy (non-hydrogen) atoms. The summed E-state index contributed by atoms with van der Waals surface area (Å²) >= 11 is 2.93. The van der Waals surface area contributed by atoms with Crippen LogP contribution in [0.4, 0.5) is 0 Å². The number of hydrogen-bond donors (Lipinski definition) is 0. The molecule has 0 amide bonds. The van der Waals surface area contributed by atoms with Crippen LogP contribution in [0.1, 0.15) is 48.0 Å². The molecule has 0 radical (unpaired) electrons. The zero-order chi connectivity index (χ0) is 27.0. The smallest absolute Gasteiger partial charge is 0.267 e. The lowest BCUT2D eigenvalue weighted by Gasteiger charge is -2.33. The van der Waals surface area contributed by atoms with E-state index < -0.39 is 0 Å². The molecule has 198 valence electrons. The van der Waals surface area contributed by atoms with E-state index >= 15 is 0 Å². The van der Waals surface area contributed by atoms with Gasteiger partial charge in [-0.2, -0.15) is 0 Å². The normalized spacial score (nSPS) is 15.3. The van der Waals surface area contributed by atoms with Gasteiger partial charge in [0, 0.05) is 10.4 Å². The largest absolute Gasteiger partial charge is 0.497 e. The van der Waals surface area contributed by atoms with Gasteiger partial charge in [-0.15, -0.1) is 11.3 Å². The summed E-state index contributed by atoms with van der Waals surface area (Å²) in [4.78, 5) is 34.1. The third kappa shape index (κ3) is 5.12. The fraction of sp³-hybridized carbons (Fsp3) is 0.367. The molecule has 4 aromatic rings. The van der Waals surface area contributed by atoms with Crippen LogP contribution in [0.15, 0.2) is 58.5 Å². The minimum absolute atomic E-state index is 0.0354. The Bertz CT molecular complexity index is 1530. The lowest BCUT2D eigenvalue weighted by atomic mass is 9.72. The van der Waals surface area contributed by atoms with Crippen LogP contribution in [0.25, 0.3) is 15.9 Å². The number of hydrogen-bond acceptors (Lipinski definition) is 7. The SMILES string of the molecule is COc1ccc(C(=O)CSc2nc3sc4c(c3c(=O)n2-c2ccc(OC)cc2)CCC(C(C)(C)C)C4)cc1. The van der Waals surface area contributed by atoms with Gasteiger partial charge in [-0.3, -0.25) is 14.2 Å². The summed E-state index contributed by atoms with van der Waals surface area (Å²) in [6, 6.07) is 14.4. The number of rotatable bonds is 7. The molecule has 8 heteroatoms. The zero-order valence-corrected chi connectivity index (χ0v) is 24.0. The lowest BCUT2D eigenvalue weighted by Crippen LogP contribution is -2.27. The summed E-state index contributed by atoms with van der Waals surface area (Å²) in [6.45, 7) is 6.87. The molecule has 2 aromatic carbocycles. The monoisotopic (exact) mass is 548 g/mol. The highest BCUT2D eigenvalue weighted by molar-refractivity contribution is 7.99. The third-order valence-electron chi connectivity index (χ3n) is 7.35. The summed E-state index contributed by atoms with van der Waals surface area (Å²) in [5.41, 5.74) is 2.58. The molecule has 1 unspecified atom stereocenters. The number of methoxy groups -OCH3 is 2. The first-order valence-corrected chi connectivity index (χ1v) is 14.5. The minimum Gasteiger partial charge on any atom is -0.497 e. The molecular weight excluding hydrogens is 516 g/mol. The van der Waals surface area contributed by atoms with Gasteiger partial charge in [0.1, 0.15) is 16.3 Å². The van der Waals surface area contributed by atoms with E-state index in [0.29, 0.717) is 33.8 Å². The highest BCUT2D eigenvalue weighted by atomic mass is 32.2. The Hall–Kier alpha value is -3.10. The maximum Gasteiger partial charge on any atom is 0.267 e. The van der Waals surface area contributed by atoms with Crippen molar-refractivity contribution < 1.29 is 14.3 Å². The molecule has 0 saturated heterocycles. The Labute approximate surface area is 231 Å². The van der Waals surface area contributed by atoms with Crippen molar-refractivity contribution in [2.45, 2.75) is 45.2 Å². The number of thiophene rings is 1. The van der Waals surface area contributed by atoms with Crippen LogP contribution in [0.3, 0.4) is 0 Å². The van der Waals surface area contributed by atoms with Crippen molar-refractivity contribution in [3.05, 3.63) is 74.9 Å². The van der Waals surface area contributed by atoms with Crippen LogP contribution in [-0.4, -0.2) is 35.3 Å². The van der Waals surface area contributed by atoms with Crippen molar-refractivity contribution in [1.29, 1.82) is 0 Å². The van der Waals surface area contributed by atoms with Crippen LogP contribution in [0, 0.1) is 11.3 Å². The van der Waals surface area contributed by atoms with Crippen LogP contribution in [-0.2, 0) is 12.8 Å². The average Bonchev–Trinajstić information content (AvgIpc) is 3.29. The van der Waals surface area contributed by atoms with Gasteiger partial charge in [0.2, 0.25) is 0 Å². The molecule has 0 bridgehead atoms. The maximum absolute atomic E-state index is 14.1. The second-order valence-corrected chi connectivity index (χ2v) is 12.7. The van der Waals surface area contributed by atoms with Crippen molar-refractivity contribution in [2.24, 2.45) is 11.3 Å². The minimum atomic E-state index is -0.0775. The van der Waals surface area contributed by atoms with Gasteiger partial charge in [-0.25, -0.2) is 4.98 Å². The Morgan fingerprint density at radius 1 is 1.05 bits per heavy atom. The van der Waals surface area contributed by atoms with E-state index in [0.717, 1.165) is 35.0 Å². The van der Waals surface area contributed by atoms with Gasteiger partial charge in [0.05, 0.1) is 31.0 Å². The first-order chi connectivity index (χ1) is 18.2. The van der Waals surface area contributed by atoms with Crippen molar-refractivity contribution in [3.63, 3.8) is 0 Å². The molecular formula is C30H32N2O4S2. The quantitative estimate of drug-likeness (QED) is 0.147. The Kier molecular flexibility index (Phi) is 7.38. The topological polar surface area (TPSA) is 70.4 Å². The van der Waals surface area contributed by atoms with Gasteiger partial charge in [-0.1, -0.05) is 32.5 Å². The number of ketones is 1. The molecule has 2 heterocycles. The summed E-state index contributed by atoms with van der Waals surface area (Å²) < 4.78 is 12.2. The number of aromatic nitrogens is 2. The molecule has 2 aromatic heterocycles. The van der Waals surface area contributed by atoms with Crippen LogP contribution >= 0.6 is 23.1 Å². The number of fused-ring (bicyclic) bond motifs is 3. The third-order valence-corrected chi connectivity index (χ3v) is 9.44. The second-order valence-electron chi connectivity index (χ2n) is 10.7. The molecule has 1 aliphatic carbocycles. The zero-order valence-electron chi connectivity index (χ0n) is 22.4. The number of nitrogens with zero attached hydrogens (tertiary/aromatic N) is 2. The number of carbonyl (C=O) groups excluding carboxylic acids is 1. The molecule has 6 nitrogen and oxygen atoms in total. The van der Waals surface area contributed by atoms with Crippen LogP contribution in [0.2, 0.25) is 0 Å². The summed E-state index contributed by atoms with van der Waals surface area (Å²) in [7, 11) is 3.21. The van der Waals surface area contributed by atoms with Gasteiger partial charge in [-0.05, 0) is 84.7 Å². The summed E-state index contributed by atoms with van der Waals surface area (Å²) in [5, 5.41) is 1.24. The van der Waals surface area contributed by atoms with Crippen molar-refractivity contribution in [3.8, 4) is 17.2 Å². The number of ether oxygens (including phenoxy) is 2. The lowest BCUT2D eigenvalue weighted by molar-refractivity contribution is 0.102. The Morgan fingerprint density at radius 2 is 1.68 bits per heavy atom. The maximum atomic E-state index is 14.1. The molecule has 0 spiro atoms. The molecule has 0 fully saturated rings. The average molecular weight is 549 g/mol. The predicted octanol–water partition coefficient (Wildman–Crippen LogP) is 6.59. The molecule has 1 aliphatic rings. The second kappa shape index (κ2) is 10.6. The molecule has 0 saturated carbocycles. The van der Waals surface area contributed by atoms with E-state index in [1.807, 2.05) is 24.3 Å².